The van der Waals surface area contributed by atoms with Gasteiger partial charge in [0.25, 0.3) is 5.91 Å². The van der Waals surface area contributed by atoms with E-state index in [4.69, 9.17) is 0 Å². The number of carbonyl (C=O) groups excluding carboxylic acids is 1. The predicted octanol–water partition coefficient (Wildman–Crippen LogP) is -0.770. The van der Waals surface area contributed by atoms with Gasteiger partial charge in [0, 0.05) is 44.8 Å². The molecular formula is C14H22N4O3S. The van der Waals surface area contributed by atoms with E-state index in [0.29, 0.717) is 12.1 Å². The zero-order valence-electron chi connectivity index (χ0n) is 12.6. The van der Waals surface area contributed by atoms with Gasteiger partial charge in [0.2, 0.25) is 10.0 Å². The monoisotopic (exact) mass is 326 g/mol. The van der Waals surface area contributed by atoms with Crippen molar-refractivity contribution < 1.29 is 13.2 Å². The van der Waals surface area contributed by atoms with Crippen LogP contribution in [0.15, 0.2) is 29.2 Å². The molecule has 0 saturated carbocycles. The minimum atomic E-state index is -3.47. The van der Waals surface area contributed by atoms with Crippen LogP contribution in [-0.4, -0.2) is 65.5 Å². The van der Waals surface area contributed by atoms with Crippen LogP contribution in [0.1, 0.15) is 10.4 Å². The van der Waals surface area contributed by atoms with E-state index in [2.05, 4.69) is 20.3 Å². The third kappa shape index (κ3) is 4.51. The van der Waals surface area contributed by atoms with Crippen LogP contribution in [0.25, 0.3) is 0 Å². The normalized spacial score (nSPS) is 16.4. The maximum atomic E-state index is 12.0. The highest BCUT2D eigenvalue weighted by Gasteiger charge is 2.13. The first-order valence-electron chi connectivity index (χ1n) is 7.28. The molecule has 0 aliphatic carbocycles. The maximum absolute atomic E-state index is 12.0. The molecule has 0 bridgehead atoms. The van der Waals surface area contributed by atoms with Crippen LogP contribution in [0.4, 0.5) is 0 Å². The fourth-order valence-electron chi connectivity index (χ4n) is 2.27. The van der Waals surface area contributed by atoms with Gasteiger partial charge in [-0.25, -0.2) is 13.1 Å². The Morgan fingerprint density at radius 1 is 1.23 bits per heavy atom. The molecule has 3 N–H and O–H groups in total. The topological polar surface area (TPSA) is 90.5 Å². The van der Waals surface area contributed by atoms with Crippen molar-refractivity contribution >= 4 is 15.9 Å². The number of piperazine rings is 1. The van der Waals surface area contributed by atoms with Gasteiger partial charge in [-0.15, -0.1) is 0 Å². The smallest absolute Gasteiger partial charge is 0.251 e. The number of rotatable bonds is 6. The minimum Gasteiger partial charge on any atom is -0.351 e. The summed E-state index contributed by atoms with van der Waals surface area (Å²) in [5.74, 6) is -0.191. The SMILES string of the molecule is CNS(=O)(=O)c1ccc(C(=O)NCCN2CCNCC2)cc1. The molecule has 0 unspecified atom stereocenters. The van der Waals surface area contributed by atoms with E-state index >= 15 is 0 Å². The summed E-state index contributed by atoms with van der Waals surface area (Å²) < 4.78 is 25.5. The van der Waals surface area contributed by atoms with Crippen LogP contribution in [0.3, 0.4) is 0 Å². The molecule has 1 aromatic carbocycles. The molecule has 1 aliphatic rings. The number of hydrogen-bond acceptors (Lipinski definition) is 5. The van der Waals surface area contributed by atoms with Gasteiger partial charge in [0.1, 0.15) is 0 Å². The molecule has 7 nitrogen and oxygen atoms in total. The number of carbonyl (C=O) groups is 1. The summed E-state index contributed by atoms with van der Waals surface area (Å²) in [6.07, 6.45) is 0. The maximum Gasteiger partial charge on any atom is 0.251 e. The Kier molecular flexibility index (Phi) is 5.90. The molecule has 0 aromatic heterocycles. The minimum absolute atomic E-state index is 0.146. The van der Waals surface area contributed by atoms with Crippen molar-refractivity contribution in [2.45, 2.75) is 4.90 Å². The fraction of sp³-hybridized carbons (Fsp3) is 0.500. The van der Waals surface area contributed by atoms with Gasteiger partial charge in [0.05, 0.1) is 4.90 Å². The van der Waals surface area contributed by atoms with Crippen LogP contribution >= 0.6 is 0 Å². The van der Waals surface area contributed by atoms with Gasteiger partial charge in [-0.1, -0.05) is 0 Å². The zero-order valence-corrected chi connectivity index (χ0v) is 13.4. The van der Waals surface area contributed by atoms with Gasteiger partial charge < -0.3 is 10.6 Å². The number of benzene rings is 1. The van der Waals surface area contributed by atoms with E-state index < -0.39 is 10.0 Å². The van der Waals surface area contributed by atoms with Crippen LogP contribution in [0.5, 0.6) is 0 Å². The number of nitrogens with one attached hydrogen (secondary N) is 3. The average Bonchev–Trinajstić information content (AvgIpc) is 2.56. The lowest BCUT2D eigenvalue weighted by molar-refractivity contribution is 0.0947. The van der Waals surface area contributed by atoms with E-state index in [0.717, 1.165) is 32.7 Å². The Morgan fingerprint density at radius 2 is 1.86 bits per heavy atom. The third-order valence-corrected chi connectivity index (χ3v) is 5.05. The molecule has 0 atom stereocenters. The van der Waals surface area contributed by atoms with Crippen molar-refractivity contribution in [2.24, 2.45) is 0 Å². The van der Waals surface area contributed by atoms with Crippen LogP contribution in [-0.2, 0) is 10.0 Å². The first kappa shape index (κ1) is 16.9. The number of amides is 1. The zero-order chi connectivity index (χ0) is 16.0. The highest BCUT2D eigenvalue weighted by molar-refractivity contribution is 7.89. The summed E-state index contributed by atoms with van der Waals surface area (Å²) >= 11 is 0. The highest BCUT2D eigenvalue weighted by atomic mass is 32.2. The van der Waals surface area contributed by atoms with E-state index in [1.54, 1.807) is 0 Å². The Morgan fingerprint density at radius 3 is 2.45 bits per heavy atom. The van der Waals surface area contributed by atoms with Gasteiger partial charge in [-0.2, -0.15) is 0 Å². The van der Waals surface area contributed by atoms with Crippen LogP contribution < -0.4 is 15.4 Å². The van der Waals surface area contributed by atoms with Crippen molar-refractivity contribution in [1.29, 1.82) is 0 Å². The van der Waals surface area contributed by atoms with Crippen LogP contribution in [0.2, 0.25) is 0 Å². The molecule has 122 valence electrons. The van der Waals surface area contributed by atoms with E-state index in [1.165, 1.54) is 31.3 Å². The number of hydrogen-bond donors (Lipinski definition) is 3. The van der Waals surface area contributed by atoms with Gasteiger partial charge in [-0.05, 0) is 31.3 Å². The van der Waals surface area contributed by atoms with Crippen molar-refractivity contribution in [1.82, 2.24) is 20.3 Å². The molecule has 8 heteroatoms. The summed E-state index contributed by atoms with van der Waals surface area (Å²) in [7, 11) is -2.11. The second kappa shape index (κ2) is 7.68. The largest absolute Gasteiger partial charge is 0.351 e. The Labute approximate surface area is 131 Å². The predicted molar refractivity (Wildman–Crippen MR) is 84.3 cm³/mol. The second-order valence-corrected chi connectivity index (χ2v) is 6.97. The lowest BCUT2D eigenvalue weighted by atomic mass is 10.2. The molecule has 0 spiro atoms. The molecule has 1 heterocycles. The Hall–Kier alpha value is -1.48. The van der Waals surface area contributed by atoms with E-state index in [1.807, 2.05) is 0 Å². The molecule has 1 aliphatic heterocycles. The third-order valence-electron chi connectivity index (χ3n) is 3.62. The summed E-state index contributed by atoms with van der Waals surface area (Å²) in [6, 6.07) is 5.89. The second-order valence-electron chi connectivity index (χ2n) is 5.08. The molecule has 1 fully saturated rings. The molecule has 1 amide bonds. The summed E-state index contributed by atoms with van der Waals surface area (Å²) in [4.78, 5) is 14.4. The molecule has 2 rings (SSSR count). The van der Waals surface area contributed by atoms with Crippen molar-refractivity contribution in [3.8, 4) is 0 Å². The standard InChI is InChI=1S/C14H22N4O3S/c1-15-22(20,21)13-4-2-12(3-5-13)14(19)17-8-11-18-9-6-16-7-10-18/h2-5,15-16H,6-11H2,1H3,(H,17,19). The Balaban J connectivity index is 1.84. The summed E-state index contributed by atoms with van der Waals surface area (Å²) in [6.45, 7) is 5.35. The first-order chi connectivity index (χ1) is 10.5. The van der Waals surface area contributed by atoms with Crippen molar-refractivity contribution in [2.75, 3.05) is 46.3 Å². The van der Waals surface area contributed by atoms with Gasteiger partial charge >= 0.3 is 0 Å². The van der Waals surface area contributed by atoms with Gasteiger partial charge in [0.15, 0.2) is 0 Å². The lowest BCUT2D eigenvalue weighted by Crippen LogP contribution is -2.46. The molecular weight excluding hydrogens is 304 g/mol. The fourth-order valence-corrected chi connectivity index (χ4v) is 3.00. The quantitative estimate of drug-likeness (QED) is 0.639. The van der Waals surface area contributed by atoms with Crippen LogP contribution in [0, 0.1) is 0 Å². The number of nitrogens with zero attached hydrogens (tertiary/aromatic N) is 1. The molecule has 0 radical (unpaired) electrons. The van der Waals surface area contributed by atoms with E-state index in [-0.39, 0.29) is 10.8 Å². The number of sulfonamides is 1. The van der Waals surface area contributed by atoms with Crippen molar-refractivity contribution in [3.63, 3.8) is 0 Å². The summed E-state index contributed by atoms with van der Waals surface area (Å²) in [5.41, 5.74) is 0.454. The van der Waals surface area contributed by atoms with Crippen molar-refractivity contribution in [3.05, 3.63) is 29.8 Å². The Bertz CT molecular complexity index is 595. The lowest BCUT2D eigenvalue weighted by Gasteiger charge is -2.27. The van der Waals surface area contributed by atoms with E-state index in [9.17, 15) is 13.2 Å². The molecule has 1 aromatic rings. The average molecular weight is 326 g/mol. The highest BCUT2D eigenvalue weighted by Crippen LogP contribution is 2.10. The summed E-state index contributed by atoms with van der Waals surface area (Å²) in [5, 5.41) is 6.13. The first-order valence-corrected chi connectivity index (χ1v) is 8.76. The molecule has 22 heavy (non-hydrogen) atoms. The molecule has 1 saturated heterocycles. The van der Waals surface area contributed by atoms with Gasteiger partial charge in [-0.3, -0.25) is 9.69 Å².